The maximum Gasteiger partial charge on any atom is 0.101 e. The van der Waals surface area contributed by atoms with Gasteiger partial charge in [0, 0.05) is 6.61 Å². The van der Waals surface area contributed by atoms with Gasteiger partial charge in [0.25, 0.3) is 0 Å². The van der Waals surface area contributed by atoms with Gasteiger partial charge in [-0.3, -0.25) is 0 Å². The standard InChI is InChI=1S/C8H15NOS/c1-4-8(6-9)11-7(3)10-5-2/h7-8H,4-5H2,1-3H3. The Morgan fingerprint density at radius 1 is 1.55 bits per heavy atom. The molecule has 0 saturated carbocycles. The number of rotatable bonds is 5. The molecule has 2 atom stereocenters. The Bertz CT molecular complexity index is 133. The molecular formula is C8H15NOS. The van der Waals surface area contributed by atoms with Gasteiger partial charge < -0.3 is 4.74 Å². The zero-order valence-electron chi connectivity index (χ0n) is 7.33. The van der Waals surface area contributed by atoms with Crippen LogP contribution in [-0.2, 0) is 4.74 Å². The summed E-state index contributed by atoms with van der Waals surface area (Å²) in [5.74, 6) is 0. The zero-order chi connectivity index (χ0) is 8.69. The van der Waals surface area contributed by atoms with E-state index >= 15 is 0 Å². The molecule has 0 aliphatic carbocycles. The zero-order valence-corrected chi connectivity index (χ0v) is 8.15. The SMILES string of the molecule is CCOC(C)SC(C#N)CC. The molecule has 0 amide bonds. The first-order chi connectivity index (χ1) is 5.24. The Labute approximate surface area is 72.9 Å². The Kier molecular flexibility index (Phi) is 6.39. The molecule has 0 rings (SSSR count). The molecule has 0 radical (unpaired) electrons. The number of hydrogen-bond donors (Lipinski definition) is 0. The summed E-state index contributed by atoms with van der Waals surface area (Å²) in [7, 11) is 0. The van der Waals surface area contributed by atoms with Crippen LogP contribution in [0.5, 0.6) is 0 Å². The van der Waals surface area contributed by atoms with Gasteiger partial charge in [0.15, 0.2) is 0 Å². The molecule has 2 nitrogen and oxygen atoms in total. The molecule has 0 saturated heterocycles. The lowest BCUT2D eigenvalue weighted by molar-refractivity contribution is 0.137. The van der Waals surface area contributed by atoms with E-state index in [9.17, 15) is 0 Å². The molecule has 0 heterocycles. The average molecular weight is 173 g/mol. The quantitative estimate of drug-likeness (QED) is 0.598. The third-order valence-electron chi connectivity index (χ3n) is 1.27. The molecule has 0 aromatic heterocycles. The van der Waals surface area contributed by atoms with Crippen molar-refractivity contribution in [2.45, 2.75) is 37.9 Å². The highest BCUT2D eigenvalue weighted by atomic mass is 32.2. The lowest BCUT2D eigenvalue weighted by Crippen LogP contribution is -2.08. The van der Waals surface area contributed by atoms with Gasteiger partial charge in [-0.1, -0.05) is 6.92 Å². The van der Waals surface area contributed by atoms with Crippen LogP contribution >= 0.6 is 11.8 Å². The van der Waals surface area contributed by atoms with Crippen LogP contribution in [0, 0.1) is 11.3 Å². The fourth-order valence-corrected chi connectivity index (χ4v) is 1.65. The molecule has 0 bridgehead atoms. The largest absolute Gasteiger partial charge is 0.368 e. The summed E-state index contributed by atoms with van der Waals surface area (Å²) in [6, 6.07) is 2.22. The van der Waals surface area contributed by atoms with Crippen LogP contribution < -0.4 is 0 Å². The molecule has 0 aromatic rings. The Hall–Kier alpha value is -0.200. The Morgan fingerprint density at radius 3 is 2.55 bits per heavy atom. The lowest BCUT2D eigenvalue weighted by atomic mass is 10.4. The second-order valence-corrected chi connectivity index (χ2v) is 3.69. The van der Waals surface area contributed by atoms with E-state index in [2.05, 4.69) is 6.07 Å². The van der Waals surface area contributed by atoms with Crippen LogP contribution in [0.3, 0.4) is 0 Å². The van der Waals surface area contributed by atoms with Gasteiger partial charge in [0.05, 0.1) is 11.3 Å². The predicted octanol–water partition coefficient (Wildman–Crippen LogP) is 2.40. The topological polar surface area (TPSA) is 33.0 Å². The molecule has 11 heavy (non-hydrogen) atoms. The summed E-state index contributed by atoms with van der Waals surface area (Å²) >= 11 is 1.59. The summed E-state index contributed by atoms with van der Waals surface area (Å²) in [4.78, 5) is 0. The van der Waals surface area contributed by atoms with Gasteiger partial charge in [0.2, 0.25) is 0 Å². The second kappa shape index (κ2) is 6.51. The third-order valence-corrected chi connectivity index (χ3v) is 2.56. The van der Waals surface area contributed by atoms with Crippen LogP contribution in [-0.4, -0.2) is 17.3 Å². The molecule has 2 unspecified atom stereocenters. The van der Waals surface area contributed by atoms with Gasteiger partial charge in [-0.05, 0) is 20.3 Å². The molecule has 0 N–H and O–H groups in total. The van der Waals surface area contributed by atoms with Gasteiger partial charge >= 0.3 is 0 Å². The van der Waals surface area contributed by atoms with E-state index < -0.39 is 0 Å². The van der Waals surface area contributed by atoms with E-state index in [1.165, 1.54) is 0 Å². The predicted molar refractivity (Wildman–Crippen MR) is 48.4 cm³/mol. The highest BCUT2D eigenvalue weighted by Crippen LogP contribution is 2.20. The minimum atomic E-state index is 0.0801. The first kappa shape index (κ1) is 10.8. The second-order valence-electron chi connectivity index (χ2n) is 2.19. The van der Waals surface area contributed by atoms with Gasteiger partial charge in [-0.25, -0.2) is 0 Å². The first-order valence-corrected chi connectivity index (χ1v) is 4.85. The van der Waals surface area contributed by atoms with Crippen molar-refractivity contribution in [3.63, 3.8) is 0 Å². The maximum atomic E-state index is 8.62. The maximum absolute atomic E-state index is 8.62. The number of hydrogen-bond acceptors (Lipinski definition) is 3. The van der Waals surface area contributed by atoms with E-state index in [0.717, 1.165) is 13.0 Å². The van der Waals surface area contributed by atoms with Gasteiger partial charge in [0.1, 0.15) is 5.44 Å². The van der Waals surface area contributed by atoms with Crippen LogP contribution in [0.2, 0.25) is 0 Å². The van der Waals surface area contributed by atoms with Gasteiger partial charge in [-0.2, -0.15) is 5.26 Å². The number of nitriles is 1. The van der Waals surface area contributed by atoms with E-state index in [4.69, 9.17) is 10.00 Å². The van der Waals surface area contributed by atoms with Crippen LogP contribution in [0.15, 0.2) is 0 Å². The highest BCUT2D eigenvalue weighted by molar-refractivity contribution is 8.00. The number of thioether (sulfide) groups is 1. The van der Waals surface area contributed by atoms with E-state index in [0.29, 0.717) is 0 Å². The number of nitrogens with zero attached hydrogens (tertiary/aromatic N) is 1. The molecule has 0 fully saturated rings. The van der Waals surface area contributed by atoms with Crippen molar-refractivity contribution < 1.29 is 4.74 Å². The van der Waals surface area contributed by atoms with Crippen molar-refractivity contribution >= 4 is 11.8 Å². The van der Waals surface area contributed by atoms with Crippen molar-refractivity contribution in [2.75, 3.05) is 6.61 Å². The molecule has 0 aliphatic rings. The lowest BCUT2D eigenvalue weighted by Gasteiger charge is -2.13. The molecule has 0 spiro atoms. The van der Waals surface area contributed by atoms with Gasteiger partial charge in [-0.15, -0.1) is 11.8 Å². The minimum Gasteiger partial charge on any atom is -0.368 e. The van der Waals surface area contributed by atoms with E-state index in [1.54, 1.807) is 11.8 Å². The van der Waals surface area contributed by atoms with Crippen LogP contribution in [0.4, 0.5) is 0 Å². The summed E-state index contributed by atoms with van der Waals surface area (Å²) in [5, 5.41) is 8.70. The molecule has 0 aliphatic heterocycles. The summed E-state index contributed by atoms with van der Waals surface area (Å²) in [5.41, 5.74) is 0.143. The fraction of sp³-hybridized carbons (Fsp3) is 0.875. The number of ether oxygens (including phenoxy) is 1. The van der Waals surface area contributed by atoms with Crippen LogP contribution in [0.1, 0.15) is 27.2 Å². The highest BCUT2D eigenvalue weighted by Gasteiger charge is 2.09. The van der Waals surface area contributed by atoms with Crippen LogP contribution in [0.25, 0.3) is 0 Å². The van der Waals surface area contributed by atoms with E-state index in [-0.39, 0.29) is 10.7 Å². The molecular weight excluding hydrogens is 158 g/mol. The summed E-state index contributed by atoms with van der Waals surface area (Å²) < 4.78 is 5.29. The normalized spacial score (nSPS) is 15.5. The average Bonchev–Trinajstić information content (AvgIpc) is 2.01. The Balaban J connectivity index is 3.55. The first-order valence-electron chi connectivity index (χ1n) is 3.91. The van der Waals surface area contributed by atoms with Crippen molar-refractivity contribution in [1.82, 2.24) is 0 Å². The molecule has 0 aromatic carbocycles. The van der Waals surface area contributed by atoms with E-state index in [1.807, 2.05) is 20.8 Å². The minimum absolute atomic E-state index is 0.0801. The smallest absolute Gasteiger partial charge is 0.101 e. The Morgan fingerprint density at radius 2 is 2.18 bits per heavy atom. The van der Waals surface area contributed by atoms with Crippen molar-refractivity contribution in [3.8, 4) is 6.07 Å². The fourth-order valence-electron chi connectivity index (χ4n) is 0.723. The van der Waals surface area contributed by atoms with Crippen molar-refractivity contribution in [1.29, 1.82) is 5.26 Å². The summed E-state index contributed by atoms with van der Waals surface area (Å²) in [6.07, 6.45) is 0.887. The summed E-state index contributed by atoms with van der Waals surface area (Å²) in [6.45, 7) is 6.67. The van der Waals surface area contributed by atoms with Crippen molar-refractivity contribution in [3.05, 3.63) is 0 Å². The molecule has 64 valence electrons. The third kappa shape index (κ3) is 5.11. The molecule has 3 heteroatoms. The van der Waals surface area contributed by atoms with Crippen molar-refractivity contribution in [2.24, 2.45) is 0 Å². The monoisotopic (exact) mass is 173 g/mol.